The lowest BCUT2D eigenvalue weighted by Gasteiger charge is -2.17. The molecule has 1 fully saturated rings. The van der Waals surface area contributed by atoms with E-state index in [1.54, 1.807) is 4.90 Å². The van der Waals surface area contributed by atoms with Gasteiger partial charge < -0.3 is 10.2 Å². The summed E-state index contributed by atoms with van der Waals surface area (Å²) in [5, 5.41) is 3.57. The Morgan fingerprint density at radius 1 is 1.19 bits per heavy atom. The van der Waals surface area contributed by atoms with Gasteiger partial charge in [0.1, 0.15) is 5.92 Å². The first-order valence-corrected chi connectivity index (χ1v) is 9.39. The van der Waals surface area contributed by atoms with Crippen LogP contribution in [0.4, 0.5) is 5.69 Å². The predicted octanol–water partition coefficient (Wildman–Crippen LogP) is 3.61. The molecule has 0 saturated carbocycles. The molecule has 0 aliphatic carbocycles. The van der Waals surface area contributed by atoms with E-state index >= 15 is 0 Å². The van der Waals surface area contributed by atoms with Crippen molar-refractivity contribution in [2.45, 2.75) is 26.2 Å². The van der Waals surface area contributed by atoms with Gasteiger partial charge in [0.15, 0.2) is 0 Å². The number of carbonyl (C=O) groups excluding carboxylic acids is 2. The Labute approximate surface area is 159 Å². The predicted molar refractivity (Wildman–Crippen MR) is 104 cm³/mol. The summed E-state index contributed by atoms with van der Waals surface area (Å²) in [4.78, 5) is 26.8. The van der Waals surface area contributed by atoms with Crippen LogP contribution >= 0.6 is 11.6 Å². The van der Waals surface area contributed by atoms with E-state index in [9.17, 15) is 9.59 Å². The van der Waals surface area contributed by atoms with Crippen molar-refractivity contribution in [2.75, 3.05) is 18.0 Å². The Balaban J connectivity index is 1.55. The summed E-state index contributed by atoms with van der Waals surface area (Å²) in [6, 6.07) is 15.5. The number of aryl methyl sites for hydroxylation is 1. The van der Waals surface area contributed by atoms with E-state index in [1.165, 1.54) is 5.56 Å². The highest BCUT2D eigenvalue weighted by Crippen LogP contribution is 2.26. The number of rotatable bonds is 6. The van der Waals surface area contributed by atoms with Crippen molar-refractivity contribution in [3.63, 3.8) is 0 Å². The van der Waals surface area contributed by atoms with Gasteiger partial charge in [-0.05, 0) is 48.6 Å². The van der Waals surface area contributed by atoms with Crippen LogP contribution in [-0.4, -0.2) is 24.9 Å². The van der Waals surface area contributed by atoms with Crippen LogP contribution < -0.4 is 10.2 Å². The van der Waals surface area contributed by atoms with E-state index in [0.29, 0.717) is 31.0 Å². The van der Waals surface area contributed by atoms with Gasteiger partial charge in [-0.15, -0.1) is 0 Å². The summed E-state index contributed by atoms with van der Waals surface area (Å²) in [5.74, 6) is -0.925. The first kappa shape index (κ1) is 18.5. The first-order valence-electron chi connectivity index (χ1n) is 9.01. The summed E-state index contributed by atoms with van der Waals surface area (Å²) in [6.45, 7) is 3.14. The molecule has 1 atom stereocenters. The Bertz CT molecular complexity index is 789. The number of nitrogens with one attached hydrogen (secondary N) is 1. The molecule has 0 bridgehead atoms. The zero-order valence-corrected chi connectivity index (χ0v) is 15.6. The lowest BCUT2D eigenvalue weighted by atomic mass is 10.1. The molecule has 2 amide bonds. The summed E-state index contributed by atoms with van der Waals surface area (Å²) in [5.41, 5.74) is 3.08. The van der Waals surface area contributed by atoms with Crippen LogP contribution in [0.3, 0.4) is 0 Å². The molecular weight excluding hydrogens is 348 g/mol. The number of nitrogens with zero attached hydrogens (tertiary/aromatic N) is 1. The van der Waals surface area contributed by atoms with Crippen molar-refractivity contribution < 1.29 is 9.59 Å². The second kappa shape index (κ2) is 8.37. The van der Waals surface area contributed by atoms with Crippen LogP contribution in [0.25, 0.3) is 0 Å². The Hall–Kier alpha value is -2.33. The highest BCUT2D eigenvalue weighted by Gasteiger charge is 2.37. The van der Waals surface area contributed by atoms with Gasteiger partial charge in [-0.1, -0.05) is 48.9 Å². The lowest BCUT2D eigenvalue weighted by Crippen LogP contribution is -2.37. The maximum atomic E-state index is 12.6. The van der Waals surface area contributed by atoms with Gasteiger partial charge in [-0.2, -0.15) is 0 Å². The van der Waals surface area contributed by atoms with E-state index in [4.69, 9.17) is 11.6 Å². The Morgan fingerprint density at radius 2 is 1.92 bits per heavy atom. The molecule has 4 nitrogen and oxygen atoms in total. The summed E-state index contributed by atoms with van der Waals surface area (Å²) in [6.07, 6.45) is 2.16. The fourth-order valence-corrected chi connectivity index (χ4v) is 3.47. The van der Waals surface area contributed by atoms with Gasteiger partial charge in [0.05, 0.1) is 0 Å². The second-order valence-electron chi connectivity index (χ2n) is 6.48. The fourth-order valence-electron chi connectivity index (χ4n) is 3.24. The van der Waals surface area contributed by atoms with Crippen LogP contribution in [0.5, 0.6) is 0 Å². The van der Waals surface area contributed by atoms with E-state index in [-0.39, 0.29) is 11.8 Å². The minimum absolute atomic E-state index is 0.121. The van der Waals surface area contributed by atoms with Crippen molar-refractivity contribution in [3.05, 3.63) is 64.7 Å². The molecule has 136 valence electrons. The van der Waals surface area contributed by atoms with Gasteiger partial charge in [0.25, 0.3) is 0 Å². The largest absolute Gasteiger partial charge is 0.355 e. The van der Waals surface area contributed by atoms with Gasteiger partial charge in [0.2, 0.25) is 11.8 Å². The van der Waals surface area contributed by atoms with Crippen LogP contribution in [0.1, 0.15) is 24.5 Å². The molecule has 0 radical (unpaired) electrons. The zero-order chi connectivity index (χ0) is 18.5. The lowest BCUT2D eigenvalue weighted by molar-refractivity contribution is -0.132. The number of amides is 2. The molecule has 2 aromatic carbocycles. The molecule has 0 spiro atoms. The zero-order valence-electron chi connectivity index (χ0n) is 14.9. The standard InChI is InChI=1S/C21H23ClN2O2/c1-2-15-7-9-17(10-8-15)24-14-12-18(21(24)26)20(25)23-13-11-16-5-3-4-6-19(16)22/h3-10,18H,2,11-14H2,1H3,(H,23,25)/t18-/m0/s1. The normalized spacial score (nSPS) is 16.8. The number of hydrogen-bond acceptors (Lipinski definition) is 2. The van der Waals surface area contributed by atoms with Gasteiger partial charge in [-0.3, -0.25) is 9.59 Å². The second-order valence-corrected chi connectivity index (χ2v) is 6.89. The molecule has 1 heterocycles. The minimum Gasteiger partial charge on any atom is -0.355 e. The summed E-state index contributed by atoms with van der Waals surface area (Å²) in [7, 11) is 0. The Morgan fingerprint density at radius 3 is 2.62 bits per heavy atom. The molecular formula is C21H23ClN2O2. The van der Waals surface area contributed by atoms with Crippen molar-refractivity contribution in [1.29, 1.82) is 0 Å². The SMILES string of the molecule is CCc1ccc(N2CC[C@@H](C(=O)NCCc3ccccc3Cl)C2=O)cc1. The van der Waals surface area contributed by atoms with E-state index in [1.807, 2.05) is 48.5 Å². The fraction of sp³-hybridized carbons (Fsp3) is 0.333. The highest BCUT2D eigenvalue weighted by molar-refractivity contribution is 6.31. The molecule has 3 rings (SSSR count). The number of benzene rings is 2. The van der Waals surface area contributed by atoms with Crippen molar-refractivity contribution in [2.24, 2.45) is 5.92 Å². The van der Waals surface area contributed by atoms with Crippen LogP contribution in [-0.2, 0) is 22.4 Å². The molecule has 1 aliphatic heterocycles. The minimum atomic E-state index is -0.605. The van der Waals surface area contributed by atoms with E-state index in [2.05, 4.69) is 12.2 Å². The molecule has 0 aromatic heterocycles. The average Bonchev–Trinajstić information content (AvgIpc) is 3.05. The molecule has 2 aromatic rings. The molecule has 1 aliphatic rings. The third-order valence-corrected chi connectivity index (χ3v) is 5.20. The molecule has 26 heavy (non-hydrogen) atoms. The third-order valence-electron chi connectivity index (χ3n) is 4.83. The Kier molecular flexibility index (Phi) is 5.94. The first-order chi connectivity index (χ1) is 12.6. The highest BCUT2D eigenvalue weighted by atomic mass is 35.5. The van der Waals surface area contributed by atoms with Crippen molar-refractivity contribution in [1.82, 2.24) is 5.32 Å². The molecule has 1 saturated heterocycles. The van der Waals surface area contributed by atoms with Gasteiger partial charge in [0, 0.05) is 23.8 Å². The smallest absolute Gasteiger partial charge is 0.239 e. The van der Waals surface area contributed by atoms with Crippen LogP contribution in [0.15, 0.2) is 48.5 Å². The molecule has 1 N–H and O–H groups in total. The summed E-state index contributed by atoms with van der Waals surface area (Å²) >= 11 is 6.12. The van der Waals surface area contributed by atoms with Crippen molar-refractivity contribution in [3.8, 4) is 0 Å². The topological polar surface area (TPSA) is 49.4 Å². The number of hydrogen-bond donors (Lipinski definition) is 1. The molecule has 0 unspecified atom stereocenters. The average molecular weight is 371 g/mol. The van der Waals surface area contributed by atoms with Gasteiger partial charge >= 0.3 is 0 Å². The quantitative estimate of drug-likeness (QED) is 0.789. The van der Waals surface area contributed by atoms with E-state index in [0.717, 1.165) is 17.7 Å². The van der Waals surface area contributed by atoms with Crippen molar-refractivity contribution >= 4 is 29.1 Å². The monoisotopic (exact) mass is 370 g/mol. The number of anilines is 1. The third kappa shape index (κ3) is 4.07. The molecule has 5 heteroatoms. The van der Waals surface area contributed by atoms with Crippen LogP contribution in [0, 0.1) is 5.92 Å². The number of carbonyl (C=O) groups is 2. The van der Waals surface area contributed by atoms with Gasteiger partial charge in [-0.25, -0.2) is 0 Å². The number of halogens is 1. The summed E-state index contributed by atoms with van der Waals surface area (Å²) < 4.78 is 0. The maximum absolute atomic E-state index is 12.6. The van der Waals surface area contributed by atoms with E-state index < -0.39 is 5.92 Å². The van der Waals surface area contributed by atoms with Crippen LogP contribution in [0.2, 0.25) is 5.02 Å². The maximum Gasteiger partial charge on any atom is 0.239 e.